The fraction of sp³-hybridized carbons (Fsp3) is 0.385. The average molecular weight is 322 g/mol. The topological polar surface area (TPSA) is 75.6 Å². The summed E-state index contributed by atoms with van der Waals surface area (Å²) in [6.07, 6.45) is -0.0887. The Morgan fingerprint density at radius 1 is 1.38 bits per heavy atom. The van der Waals surface area contributed by atoms with E-state index in [1.807, 2.05) is 0 Å². The minimum Gasteiger partial charge on any atom is -0.481 e. The number of aliphatic carboxylic acids is 1. The van der Waals surface area contributed by atoms with Crippen molar-refractivity contribution in [1.82, 2.24) is 0 Å². The summed E-state index contributed by atoms with van der Waals surface area (Å²) in [5.74, 6) is -1.88. The molecular weight excluding hydrogens is 308 g/mol. The number of carboxylic acid groups (broad SMARTS) is 1. The summed E-state index contributed by atoms with van der Waals surface area (Å²) in [7, 11) is 0. The maximum Gasteiger partial charge on any atom is 0.387 e. The van der Waals surface area contributed by atoms with Gasteiger partial charge in [-0.2, -0.15) is 8.78 Å². The van der Waals surface area contributed by atoms with E-state index in [4.69, 9.17) is 16.7 Å². The van der Waals surface area contributed by atoms with E-state index in [9.17, 15) is 18.4 Å². The molecule has 1 atom stereocenters. The summed E-state index contributed by atoms with van der Waals surface area (Å²) >= 11 is 5.74. The second-order valence-corrected chi connectivity index (χ2v) is 4.89. The van der Waals surface area contributed by atoms with Crippen LogP contribution in [0.15, 0.2) is 18.2 Å². The number of alkyl halides is 2. The molecule has 21 heavy (non-hydrogen) atoms. The molecule has 2 N–H and O–H groups in total. The van der Waals surface area contributed by atoms with Gasteiger partial charge in [-0.1, -0.05) is 18.5 Å². The van der Waals surface area contributed by atoms with Gasteiger partial charge >= 0.3 is 12.6 Å². The predicted molar refractivity (Wildman–Crippen MR) is 72.7 cm³/mol. The van der Waals surface area contributed by atoms with Crippen LogP contribution in [0.25, 0.3) is 0 Å². The summed E-state index contributed by atoms with van der Waals surface area (Å²) < 4.78 is 28.3. The summed E-state index contributed by atoms with van der Waals surface area (Å²) in [4.78, 5) is 22.2. The van der Waals surface area contributed by atoms with Gasteiger partial charge in [0.25, 0.3) is 0 Å². The SMILES string of the molecule is CC(CC(=O)O)CC(=O)Nc1ccc(OC(F)F)c(Cl)c1. The third kappa shape index (κ3) is 6.40. The van der Waals surface area contributed by atoms with Crippen molar-refractivity contribution in [2.45, 2.75) is 26.4 Å². The fourth-order valence-corrected chi connectivity index (χ4v) is 1.89. The van der Waals surface area contributed by atoms with E-state index in [0.29, 0.717) is 5.69 Å². The quantitative estimate of drug-likeness (QED) is 0.807. The molecule has 0 spiro atoms. The highest BCUT2D eigenvalue weighted by atomic mass is 35.5. The second kappa shape index (κ2) is 7.78. The number of anilines is 1. The number of benzene rings is 1. The van der Waals surface area contributed by atoms with Crippen LogP contribution in [0.4, 0.5) is 14.5 Å². The molecule has 0 saturated heterocycles. The zero-order valence-corrected chi connectivity index (χ0v) is 11.9. The average Bonchev–Trinajstić information content (AvgIpc) is 2.30. The molecule has 0 radical (unpaired) electrons. The number of amides is 1. The lowest BCUT2D eigenvalue weighted by Gasteiger charge is -2.11. The normalized spacial score (nSPS) is 12.0. The molecule has 0 saturated carbocycles. The number of hydrogen-bond donors (Lipinski definition) is 2. The van der Waals surface area contributed by atoms with Crippen LogP contribution in [0.5, 0.6) is 5.75 Å². The van der Waals surface area contributed by atoms with Crippen LogP contribution < -0.4 is 10.1 Å². The van der Waals surface area contributed by atoms with Gasteiger partial charge in [0.15, 0.2) is 0 Å². The zero-order chi connectivity index (χ0) is 16.0. The van der Waals surface area contributed by atoms with Crippen LogP contribution in [-0.4, -0.2) is 23.6 Å². The minimum atomic E-state index is -2.99. The molecule has 0 aliphatic rings. The molecule has 0 aliphatic carbocycles. The maximum atomic E-state index is 12.1. The Bertz CT molecular complexity index is 525. The molecule has 8 heteroatoms. The Balaban J connectivity index is 2.60. The Hall–Kier alpha value is -1.89. The van der Waals surface area contributed by atoms with E-state index in [1.165, 1.54) is 18.2 Å². The number of carbonyl (C=O) groups is 2. The monoisotopic (exact) mass is 321 g/mol. The van der Waals surface area contributed by atoms with Crippen molar-refractivity contribution in [3.05, 3.63) is 23.2 Å². The molecule has 0 heterocycles. The van der Waals surface area contributed by atoms with Crippen LogP contribution in [0.2, 0.25) is 5.02 Å². The summed E-state index contributed by atoms with van der Waals surface area (Å²) in [6.45, 7) is -1.35. The molecule has 1 amide bonds. The first-order chi connectivity index (χ1) is 9.77. The molecule has 116 valence electrons. The molecule has 0 bridgehead atoms. The number of carboxylic acids is 1. The van der Waals surface area contributed by atoms with Gasteiger partial charge in [0.05, 0.1) is 5.02 Å². The predicted octanol–water partition coefficient (Wildman–Crippen LogP) is 3.38. The van der Waals surface area contributed by atoms with Gasteiger partial charge in [-0.05, 0) is 24.1 Å². The lowest BCUT2D eigenvalue weighted by atomic mass is 10.0. The Labute approximate surface area is 124 Å². The van der Waals surface area contributed by atoms with E-state index in [2.05, 4.69) is 10.1 Å². The fourth-order valence-electron chi connectivity index (χ4n) is 1.67. The standard InChI is InChI=1S/C13H14ClF2NO4/c1-7(5-12(19)20)4-11(18)17-8-2-3-10(9(14)6-8)21-13(15)16/h2-3,6-7,13H,4-5H2,1H3,(H,17,18)(H,19,20). The summed E-state index contributed by atoms with van der Waals surface area (Å²) in [5, 5.41) is 11.0. The number of rotatable bonds is 7. The number of carbonyl (C=O) groups excluding carboxylic acids is 1. The molecule has 0 aromatic heterocycles. The molecule has 1 rings (SSSR count). The smallest absolute Gasteiger partial charge is 0.387 e. The maximum absolute atomic E-state index is 12.1. The summed E-state index contributed by atoms with van der Waals surface area (Å²) in [5.41, 5.74) is 0.314. The second-order valence-electron chi connectivity index (χ2n) is 4.48. The first-order valence-corrected chi connectivity index (χ1v) is 6.41. The largest absolute Gasteiger partial charge is 0.481 e. The van der Waals surface area contributed by atoms with Gasteiger partial charge < -0.3 is 15.2 Å². The highest BCUT2D eigenvalue weighted by Crippen LogP contribution is 2.29. The van der Waals surface area contributed by atoms with Gasteiger partial charge in [0.2, 0.25) is 5.91 Å². The lowest BCUT2D eigenvalue weighted by Crippen LogP contribution is -2.17. The first kappa shape index (κ1) is 17.2. The highest BCUT2D eigenvalue weighted by Gasteiger charge is 2.14. The van der Waals surface area contributed by atoms with Crippen molar-refractivity contribution < 1.29 is 28.2 Å². The first-order valence-electron chi connectivity index (χ1n) is 6.04. The van der Waals surface area contributed by atoms with Crippen LogP contribution in [0, 0.1) is 5.92 Å². The minimum absolute atomic E-state index is 0.0270. The van der Waals surface area contributed by atoms with Crippen molar-refractivity contribution in [2.24, 2.45) is 5.92 Å². The van der Waals surface area contributed by atoms with Gasteiger partial charge in [0.1, 0.15) is 5.75 Å². The van der Waals surface area contributed by atoms with E-state index < -0.39 is 12.6 Å². The van der Waals surface area contributed by atoms with Crippen molar-refractivity contribution in [2.75, 3.05) is 5.32 Å². The number of ether oxygens (including phenoxy) is 1. The van der Waals surface area contributed by atoms with E-state index >= 15 is 0 Å². The van der Waals surface area contributed by atoms with Crippen molar-refractivity contribution in [3.8, 4) is 5.75 Å². The molecule has 5 nitrogen and oxygen atoms in total. The van der Waals surface area contributed by atoms with E-state index in [-0.39, 0.29) is 35.4 Å². The molecule has 0 fully saturated rings. The van der Waals surface area contributed by atoms with Crippen molar-refractivity contribution >= 4 is 29.2 Å². The Kier molecular flexibility index (Phi) is 6.36. The van der Waals surface area contributed by atoms with Gasteiger partial charge in [0, 0.05) is 18.5 Å². The van der Waals surface area contributed by atoms with Gasteiger partial charge in [-0.3, -0.25) is 9.59 Å². The summed E-state index contributed by atoms with van der Waals surface area (Å²) in [6, 6.07) is 3.85. The zero-order valence-electron chi connectivity index (χ0n) is 11.1. The van der Waals surface area contributed by atoms with Crippen LogP contribution in [-0.2, 0) is 9.59 Å². The molecule has 0 aliphatic heterocycles. The van der Waals surface area contributed by atoms with Gasteiger partial charge in [-0.25, -0.2) is 0 Å². The van der Waals surface area contributed by atoms with E-state index in [0.717, 1.165) is 0 Å². The molecule has 1 unspecified atom stereocenters. The lowest BCUT2D eigenvalue weighted by molar-refractivity contribution is -0.138. The third-order valence-electron chi connectivity index (χ3n) is 2.49. The van der Waals surface area contributed by atoms with Crippen molar-refractivity contribution in [1.29, 1.82) is 0 Å². The molecular formula is C13H14ClF2NO4. The van der Waals surface area contributed by atoms with Crippen LogP contribution in [0.1, 0.15) is 19.8 Å². The number of nitrogens with one attached hydrogen (secondary N) is 1. The van der Waals surface area contributed by atoms with Crippen LogP contribution in [0.3, 0.4) is 0 Å². The Morgan fingerprint density at radius 3 is 2.57 bits per heavy atom. The Morgan fingerprint density at radius 2 is 2.05 bits per heavy atom. The van der Waals surface area contributed by atoms with Gasteiger partial charge in [-0.15, -0.1) is 0 Å². The number of halogens is 3. The number of hydrogen-bond acceptors (Lipinski definition) is 3. The third-order valence-corrected chi connectivity index (χ3v) is 2.78. The van der Waals surface area contributed by atoms with E-state index in [1.54, 1.807) is 6.92 Å². The van der Waals surface area contributed by atoms with Crippen LogP contribution >= 0.6 is 11.6 Å². The van der Waals surface area contributed by atoms with Crippen molar-refractivity contribution in [3.63, 3.8) is 0 Å². The highest BCUT2D eigenvalue weighted by molar-refractivity contribution is 6.32. The molecule has 1 aromatic rings. The molecule has 1 aromatic carbocycles.